The molecule has 178 valence electrons. The van der Waals surface area contributed by atoms with E-state index in [2.05, 4.69) is 20.2 Å². The molecule has 1 aromatic carbocycles. The van der Waals surface area contributed by atoms with Gasteiger partial charge in [-0.3, -0.25) is 4.79 Å². The number of piperazine rings is 1. The molecule has 0 radical (unpaired) electrons. The minimum Gasteiger partial charge on any atom is -0.491 e. The fourth-order valence-corrected chi connectivity index (χ4v) is 3.68. The van der Waals surface area contributed by atoms with Crippen molar-refractivity contribution < 1.29 is 19.1 Å². The molecule has 2 aromatic rings. The number of halogens is 1. The maximum Gasteiger partial charge on any atom is 0.408 e. The van der Waals surface area contributed by atoms with E-state index in [0.29, 0.717) is 49.2 Å². The summed E-state index contributed by atoms with van der Waals surface area (Å²) >= 11 is 5.99. The summed E-state index contributed by atoms with van der Waals surface area (Å²) in [6.45, 7) is 7.48. The van der Waals surface area contributed by atoms with Crippen molar-refractivity contribution in [3.05, 3.63) is 47.4 Å². The van der Waals surface area contributed by atoms with Crippen LogP contribution in [0.2, 0.25) is 5.02 Å². The van der Waals surface area contributed by atoms with Crippen LogP contribution in [-0.4, -0.2) is 71.8 Å². The number of rotatable bonds is 6. The number of nitrogens with one attached hydrogen (secondary N) is 1. The number of benzene rings is 1. The first-order chi connectivity index (χ1) is 15.7. The van der Waals surface area contributed by atoms with Gasteiger partial charge in [-0.1, -0.05) is 23.7 Å². The first kappa shape index (κ1) is 24.6. The number of anilines is 1. The largest absolute Gasteiger partial charge is 0.491 e. The number of methoxy groups -OCH3 is 1. The van der Waals surface area contributed by atoms with E-state index in [0.717, 1.165) is 5.56 Å². The predicted octanol–water partition coefficient (Wildman–Crippen LogP) is 2.92. The summed E-state index contributed by atoms with van der Waals surface area (Å²) in [5, 5.41) is 3.36. The Balaban J connectivity index is 1.69. The molecule has 9 nitrogen and oxygen atoms in total. The lowest BCUT2D eigenvalue weighted by atomic mass is 10.0. The highest BCUT2D eigenvalue weighted by Crippen LogP contribution is 2.25. The van der Waals surface area contributed by atoms with Gasteiger partial charge in [0.25, 0.3) is 0 Å². The lowest BCUT2D eigenvalue weighted by Gasteiger charge is -2.37. The van der Waals surface area contributed by atoms with Crippen molar-refractivity contribution in [1.82, 2.24) is 20.2 Å². The maximum atomic E-state index is 13.4. The summed E-state index contributed by atoms with van der Waals surface area (Å²) < 4.78 is 10.7. The summed E-state index contributed by atoms with van der Waals surface area (Å²) in [7, 11) is 1.58. The molecular formula is C23H30ClN5O4. The number of carbonyl (C=O) groups is 2. The Kier molecular flexibility index (Phi) is 7.97. The number of alkyl carbamates (subject to hydrolysis) is 1. The van der Waals surface area contributed by atoms with Crippen molar-refractivity contribution in [3.63, 3.8) is 0 Å². The molecule has 0 spiro atoms. The molecule has 1 aliphatic rings. The van der Waals surface area contributed by atoms with Crippen LogP contribution in [0.15, 0.2) is 36.8 Å². The van der Waals surface area contributed by atoms with Crippen LogP contribution in [-0.2, 0) is 16.0 Å². The quantitative estimate of drug-likeness (QED) is 0.686. The Hall–Kier alpha value is -3.07. The molecule has 1 aliphatic heterocycles. The van der Waals surface area contributed by atoms with Gasteiger partial charge in [-0.2, -0.15) is 0 Å². The van der Waals surface area contributed by atoms with Crippen LogP contribution in [0.3, 0.4) is 0 Å². The van der Waals surface area contributed by atoms with Gasteiger partial charge in [0.1, 0.15) is 18.0 Å². The molecule has 1 saturated heterocycles. The minimum atomic E-state index is -0.763. The van der Waals surface area contributed by atoms with Gasteiger partial charge in [0.05, 0.1) is 13.3 Å². The molecule has 2 amide bonds. The Labute approximate surface area is 199 Å². The van der Waals surface area contributed by atoms with Gasteiger partial charge in [-0.25, -0.2) is 14.8 Å². The van der Waals surface area contributed by atoms with Crippen molar-refractivity contribution in [1.29, 1.82) is 0 Å². The monoisotopic (exact) mass is 475 g/mol. The van der Waals surface area contributed by atoms with Gasteiger partial charge in [-0.05, 0) is 38.5 Å². The standard InChI is InChI=1S/C23H30ClN5O4/c1-23(2,3)33-22(31)27-18(13-16-5-7-17(24)8-6-16)21(30)29-11-9-28(10-12-29)20-19(32-4)14-25-15-26-20/h5-8,14-15,18H,9-13H2,1-4H3,(H,27,31)/t18-/m1/s1. The van der Waals surface area contributed by atoms with E-state index in [4.69, 9.17) is 21.1 Å². The highest BCUT2D eigenvalue weighted by atomic mass is 35.5. The second-order valence-electron chi connectivity index (χ2n) is 8.76. The lowest BCUT2D eigenvalue weighted by molar-refractivity contribution is -0.133. The Morgan fingerprint density at radius 1 is 1.15 bits per heavy atom. The van der Waals surface area contributed by atoms with Crippen LogP contribution in [0.5, 0.6) is 5.75 Å². The first-order valence-electron chi connectivity index (χ1n) is 10.8. The summed E-state index contributed by atoms with van der Waals surface area (Å²) in [4.78, 5) is 38.0. The van der Waals surface area contributed by atoms with Crippen LogP contribution < -0.4 is 15.0 Å². The normalized spacial score (nSPS) is 15.1. The summed E-state index contributed by atoms with van der Waals surface area (Å²) in [6.07, 6.45) is 2.80. The van der Waals surface area contributed by atoms with E-state index in [1.807, 2.05) is 12.1 Å². The zero-order chi connectivity index (χ0) is 24.0. The van der Waals surface area contributed by atoms with Crippen molar-refractivity contribution in [3.8, 4) is 5.75 Å². The van der Waals surface area contributed by atoms with E-state index in [1.165, 1.54) is 6.33 Å². The van der Waals surface area contributed by atoms with Crippen LogP contribution in [0, 0.1) is 0 Å². The molecule has 0 saturated carbocycles. The number of hydrogen-bond acceptors (Lipinski definition) is 7. The number of nitrogens with zero attached hydrogens (tertiary/aromatic N) is 4. The van der Waals surface area contributed by atoms with Crippen molar-refractivity contribution >= 4 is 29.4 Å². The highest BCUT2D eigenvalue weighted by molar-refractivity contribution is 6.30. The fourth-order valence-electron chi connectivity index (χ4n) is 3.56. The Morgan fingerprint density at radius 3 is 2.42 bits per heavy atom. The maximum absolute atomic E-state index is 13.4. The molecule has 33 heavy (non-hydrogen) atoms. The van der Waals surface area contributed by atoms with E-state index >= 15 is 0 Å². The van der Waals surface area contributed by atoms with Crippen LogP contribution in [0.4, 0.5) is 10.6 Å². The number of aromatic nitrogens is 2. The van der Waals surface area contributed by atoms with Gasteiger partial charge in [0, 0.05) is 37.6 Å². The molecule has 10 heteroatoms. The van der Waals surface area contributed by atoms with E-state index < -0.39 is 17.7 Å². The Morgan fingerprint density at radius 2 is 1.82 bits per heavy atom. The molecule has 1 aromatic heterocycles. The summed E-state index contributed by atoms with van der Waals surface area (Å²) in [5.41, 5.74) is 0.221. The molecule has 1 fully saturated rings. The van der Waals surface area contributed by atoms with E-state index in [-0.39, 0.29) is 5.91 Å². The number of amides is 2. The molecule has 0 unspecified atom stereocenters. The van der Waals surface area contributed by atoms with Gasteiger partial charge in [0.15, 0.2) is 11.6 Å². The second-order valence-corrected chi connectivity index (χ2v) is 9.19. The van der Waals surface area contributed by atoms with Crippen molar-refractivity contribution in [2.75, 3.05) is 38.2 Å². The average molecular weight is 476 g/mol. The highest BCUT2D eigenvalue weighted by Gasteiger charge is 2.31. The second kappa shape index (κ2) is 10.7. The molecule has 0 aliphatic carbocycles. The average Bonchev–Trinajstić information content (AvgIpc) is 2.78. The number of ether oxygens (including phenoxy) is 2. The van der Waals surface area contributed by atoms with Crippen LogP contribution in [0.25, 0.3) is 0 Å². The fraction of sp³-hybridized carbons (Fsp3) is 0.478. The molecule has 1 N–H and O–H groups in total. The summed E-state index contributed by atoms with van der Waals surface area (Å²) in [6, 6.07) is 6.46. The zero-order valence-electron chi connectivity index (χ0n) is 19.4. The third-order valence-electron chi connectivity index (χ3n) is 5.11. The van der Waals surface area contributed by atoms with Gasteiger partial charge >= 0.3 is 6.09 Å². The van der Waals surface area contributed by atoms with Crippen LogP contribution >= 0.6 is 11.6 Å². The van der Waals surface area contributed by atoms with Crippen molar-refractivity contribution in [2.45, 2.75) is 38.8 Å². The summed E-state index contributed by atoms with van der Waals surface area (Å²) in [5.74, 6) is 1.12. The van der Waals surface area contributed by atoms with E-state index in [1.54, 1.807) is 51.1 Å². The predicted molar refractivity (Wildman–Crippen MR) is 126 cm³/mol. The zero-order valence-corrected chi connectivity index (χ0v) is 20.1. The Bertz CT molecular complexity index is 956. The van der Waals surface area contributed by atoms with Gasteiger partial charge < -0.3 is 24.6 Å². The van der Waals surface area contributed by atoms with Gasteiger partial charge in [-0.15, -0.1) is 0 Å². The molecule has 1 atom stereocenters. The minimum absolute atomic E-state index is 0.162. The number of carbonyl (C=O) groups excluding carboxylic acids is 2. The molecule has 0 bridgehead atoms. The molecule has 2 heterocycles. The lowest BCUT2D eigenvalue weighted by Crippen LogP contribution is -2.56. The first-order valence-corrected chi connectivity index (χ1v) is 11.2. The SMILES string of the molecule is COc1cncnc1N1CCN(C(=O)[C@@H](Cc2ccc(Cl)cc2)NC(=O)OC(C)(C)C)CC1. The van der Waals surface area contributed by atoms with Gasteiger partial charge in [0.2, 0.25) is 5.91 Å². The molecule has 3 rings (SSSR count). The van der Waals surface area contributed by atoms with E-state index in [9.17, 15) is 9.59 Å². The van der Waals surface area contributed by atoms with Crippen molar-refractivity contribution in [2.24, 2.45) is 0 Å². The topological polar surface area (TPSA) is 96.9 Å². The van der Waals surface area contributed by atoms with Crippen LogP contribution in [0.1, 0.15) is 26.3 Å². The number of hydrogen-bond donors (Lipinski definition) is 1. The third kappa shape index (κ3) is 6.95. The molecular weight excluding hydrogens is 446 g/mol. The smallest absolute Gasteiger partial charge is 0.408 e. The third-order valence-corrected chi connectivity index (χ3v) is 5.36.